The van der Waals surface area contributed by atoms with E-state index in [1.807, 2.05) is 36.4 Å². The summed E-state index contributed by atoms with van der Waals surface area (Å²) in [6.45, 7) is 0. The number of benzene rings is 1. The fourth-order valence-corrected chi connectivity index (χ4v) is 1.96. The molecule has 0 saturated heterocycles. The third-order valence-corrected chi connectivity index (χ3v) is 2.85. The SMILES string of the molecule is O=S1CCC=C(Oc2ccccc2)N1. The van der Waals surface area contributed by atoms with Crippen LogP contribution in [0.1, 0.15) is 6.42 Å². The van der Waals surface area contributed by atoms with Crippen LogP contribution >= 0.6 is 0 Å². The summed E-state index contributed by atoms with van der Waals surface area (Å²) in [4.78, 5) is 0. The summed E-state index contributed by atoms with van der Waals surface area (Å²) in [6, 6.07) is 9.44. The molecule has 1 unspecified atom stereocenters. The zero-order chi connectivity index (χ0) is 9.80. The minimum absolute atomic E-state index is 0.584. The molecule has 0 radical (unpaired) electrons. The van der Waals surface area contributed by atoms with Crippen molar-refractivity contribution in [2.75, 3.05) is 5.75 Å². The molecule has 4 heteroatoms. The molecule has 74 valence electrons. The molecular formula is C10H11NO2S. The molecule has 0 aliphatic carbocycles. The molecule has 0 amide bonds. The van der Waals surface area contributed by atoms with E-state index in [-0.39, 0.29) is 0 Å². The highest BCUT2D eigenvalue weighted by Gasteiger charge is 2.09. The van der Waals surface area contributed by atoms with Crippen molar-refractivity contribution in [2.24, 2.45) is 0 Å². The van der Waals surface area contributed by atoms with E-state index in [0.717, 1.165) is 12.2 Å². The van der Waals surface area contributed by atoms with Crippen LogP contribution in [0.3, 0.4) is 0 Å². The van der Waals surface area contributed by atoms with Gasteiger partial charge in [0.05, 0.1) is 0 Å². The molecule has 0 aromatic heterocycles. The summed E-state index contributed by atoms with van der Waals surface area (Å²) < 4.78 is 19.4. The highest BCUT2D eigenvalue weighted by Crippen LogP contribution is 2.13. The number of para-hydroxylation sites is 1. The second-order valence-electron chi connectivity index (χ2n) is 2.92. The highest BCUT2D eigenvalue weighted by atomic mass is 32.2. The lowest BCUT2D eigenvalue weighted by Gasteiger charge is -2.15. The van der Waals surface area contributed by atoms with Crippen LogP contribution in [0.2, 0.25) is 0 Å². The van der Waals surface area contributed by atoms with E-state index in [2.05, 4.69) is 4.72 Å². The maximum Gasteiger partial charge on any atom is 0.201 e. The standard InChI is InChI=1S/C10H11NO2S/c12-14-8-4-7-10(11-14)13-9-5-2-1-3-6-9/h1-3,5-7,11H,4,8H2. The van der Waals surface area contributed by atoms with Gasteiger partial charge in [-0.05, 0) is 24.6 Å². The van der Waals surface area contributed by atoms with Crippen LogP contribution < -0.4 is 9.46 Å². The fraction of sp³-hybridized carbons (Fsp3) is 0.200. The van der Waals surface area contributed by atoms with Crippen molar-refractivity contribution in [2.45, 2.75) is 6.42 Å². The normalized spacial score (nSPS) is 20.9. The fourth-order valence-electron chi connectivity index (χ4n) is 1.18. The van der Waals surface area contributed by atoms with Crippen molar-refractivity contribution in [1.29, 1.82) is 0 Å². The lowest BCUT2D eigenvalue weighted by Crippen LogP contribution is -2.26. The van der Waals surface area contributed by atoms with Gasteiger partial charge in [0.1, 0.15) is 16.7 Å². The lowest BCUT2D eigenvalue weighted by atomic mass is 10.3. The Bertz CT molecular complexity index is 362. The van der Waals surface area contributed by atoms with Gasteiger partial charge in [0.15, 0.2) is 0 Å². The molecular weight excluding hydrogens is 198 g/mol. The molecule has 3 nitrogen and oxygen atoms in total. The third-order valence-electron chi connectivity index (χ3n) is 1.82. The molecule has 1 aromatic rings. The Hall–Kier alpha value is -1.29. The first-order chi connectivity index (χ1) is 6.84. The van der Waals surface area contributed by atoms with Gasteiger partial charge in [-0.2, -0.15) is 0 Å². The van der Waals surface area contributed by atoms with Gasteiger partial charge in [0, 0.05) is 5.75 Å². The van der Waals surface area contributed by atoms with E-state index < -0.39 is 11.0 Å². The summed E-state index contributed by atoms with van der Waals surface area (Å²) >= 11 is 0. The number of nitrogens with one attached hydrogen (secondary N) is 1. The molecule has 2 rings (SSSR count). The van der Waals surface area contributed by atoms with Crippen LogP contribution in [-0.2, 0) is 11.0 Å². The first-order valence-electron chi connectivity index (χ1n) is 4.43. The quantitative estimate of drug-likeness (QED) is 0.802. The molecule has 1 aromatic carbocycles. The molecule has 0 fully saturated rings. The molecule has 0 spiro atoms. The predicted molar refractivity (Wildman–Crippen MR) is 55.9 cm³/mol. The zero-order valence-corrected chi connectivity index (χ0v) is 8.42. The Labute approximate surface area is 85.4 Å². The van der Waals surface area contributed by atoms with Crippen molar-refractivity contribution in [3.05, 3.63) is 42.3 Å². The van der Waals surface area contributed by atoms with Crippen molar-refractivity contribution in [1.82, 2.24) is 4.72 Å². The summed E-state index contributed by atoms with van der Waals surface area (Å²) in [5.74, 6) is 1.99. The van der Waals surface area contributed by atoms with Crippen LogP contribution in [0.15, 0.2) is 42.3 Å². The smallest absolute Gasteiger partial charge is 0.201 e. The Balaban J connectivity index is 2.05. The average Bonchev–Trinajstić information content (AvgIpc) is 2.19. The highest BCUT2D eigenvalue weighted by molar-refractivity contribution is 7.83. The second-order valence-corrected chi connectivity index (χ2v) is 4.23. The van der Waals surface area contributed by atoms with Crippen molar-refractivity contribution in [3.8, 4) is 5.75 Å². The van der Waals surface area contributed by atoms with Gasteiger partial charge in [-0.1, -0.05) is 18.2 Å². The summed E-state index contributed by atoms with van der Waals surface area (Å²) in [5.41, 5.74) is 0. The van der Waals surface area contributed by atoms with E-state index >= 15 is 0 Å². The molecule has 1 heterocycles. The van der Waals surface area contributed by atoms with Gasteiger partial charge in [0.25, 0.3) is 0 Å². The van der Waals surface area contributed by atoms with Crippen molar-refractivity contribution >= 4 is 11.0 Å². The van der Waals surface area contributed by atoms with Gasteiger partial charge in [-0.25, -0.2) is 4.21 Å². The van der Waals surface area contributed by atoms with Crippen LogP contribution in [-0.4, -0.2) is 9.96 Å². The number of hydrogen-bond donors (Lipinski definition) is 1. The maximum absolute atomic E-state index is 11.1. The Morgan fingerprint density at radius 3 is 2.79 bits per heavy atom. The van der Waals surface area contributed by atoms with E-state index in [0.29, 0.717) is 11.6 Å². The van der Waals surface area contributed by atoms with Gasteiger partial charge >= 0.3 is 0 Å². The number of ether oxygens (including phenoxy) is 1. The van der Waals surface area contributed by atoms with Gasteiger partial charge < -0.3 is 4.74 Å². The third kappa shape index (κ3) is 2.35. The summed E-state index contributed by atoms with van der Waals surface area (Å²) in [6.07, 6.45) is 2.70. The Morgan fingerprint density at radius 2 is 2.07 bits per heavy atom. The summed E-state index contributed by atoms with van der Waals surface area (Å²) in [7, 11) is -0.987. The topological polar surface area (TPSA) is 38.3 Å². The molecule has 0 saturated carbocycles. The molecule has 1 atom stereocenters. The van der Waals surface area contributed by atoms with E-state index in [4.69, 9.17) is 4.74 Å². The van der Waals surface area contributed by atoms with Gasteiger partial charge in [-0.3, -0.25) is 4.72 Å². The van der Waals surface area contributed by atoms with Crippen LogP contribution in [0, 0.1) is 0 Å². The Morgan fingerprint density at radius 1 is 1.29 bits per heavy atom. The van der Waals surface area contributed by atoms with Gasteiger partial charge in [-0.15, -0.1) is 0 Å². The molecule has 1 aliphatic rings. The van der Waals surface area contributed by atoms with Crippen LogP contribution in [0.4, 0.5) is 0 Å². The van der Waals surface area contributed by atoms with Crippen LogP contribution in [0.25, 0.3) is 0 Å². The minimum atomic E-state index is -0.987. The average molecular weight is 209 g/mol. The summed E-state index contributed by atoms with van der Waals surface area (Å²) in [5, 5.41) is 0. The van der Waals surface area contributed by atoms with Crippen LogP contribution in [0.5, 0.6) is 5.75 Å². The monoisotopic (exact) mass is 209 g/mol. The second kappa shape index (κ2) is 4.28. The molecule has 0 bridgehead atoms. The van der Waals surface area contributed by atoms with E-state index in [1.165, 1.54) is 0 Å². The number of hydrogen-bond acceptors (Lipinski definition) is 2. The lowest BCUT2D eigenvalue weighted by molar-refractivity contribution is 0.402. The first-order valence-corrected chi connectivity index (χ1v) is 5.74. The number of rotatable bonds is 2. The van der Waals surface area contributed by atoms with Gasteiger partial charge in [0.2, 0.25) is 5.88 Å². The maximum atomic E-state index is 11.1. The Kier molecular flexibility index (Phi) is 2.84. The zero-order valence-electron chi connectivity index (χ0n) is 7.60. The molecule has 1 aliphatic heterocycles. The van der Waals surface area contributed by atoms with E-state index in [9.17, 15) is 4.21 Å². The predicted octanol–water partition coefficient (Wildman–Crippen LogP) is 1.56. The minimum Gasteiger partial charge on any atom is -0.441 e. The van der Waals surface area contributed by atoms with Crippen molar-refractivity contribution in [3.63, 3.8) is 0 Å². The van der Waals surface area contributed by atoms with Crippen molar-refractivity contribution < 1.29 is 8.95 Å². The number of allylic oxidation sites excluding steroid dienone is 1. The largest absolute Gasteiger partial charge is 0.441 e. The molecule has 1 N–H and O–H groups in total. The molecule has 14 heavy (non-hydrogen) atoms. The first kappa shape index (κ1) is 9.27. The van der Waals surface area contributed by atoms with E-state index in [1.54, 1.807) is 0 Å².